The molecule has 0 bridgehead atoms. The Morgan fingerprint density at radius 2 is 2.29 bits per heavy atom. The Bertz CT molecular complexity index is 479. The first-order valence-electron chi connectivity index (χ1n) is 4.65. The second kappa shape index (κ2) is 4.80. The van der Waals surface area contributed by atoms with Gasteiger partial charge >= 0.3 is 5.97 Å². The summed E-state index contributed by atoms with van der Waals surface area (Å²) in [7, 11) is 0. The zero-order valence-corrected chi connectivity index (χ0v) is 8.98. The minimum atomic E-state index is -2.05. The van der Waals surface area contributed by atoms with Crippen molar-refractivity contribution in [2.75, 3.05) is 6.61 Å². The van der Waals surface area contributed by atoms with Crippen LogP contribution in [0.2, 0.25) is 0 Å². The molecule has 0 aliphatic carbocycles. The van der Waals surface area contributed by atoms with E-state index in [-0.39, 0.29) is 11.3 Å². The van der Waals surface area contributed by atoms with Gasteiger partial charge in [-0.1, -0.05) is 0 Å². The van der Waals surface area contributed by atoms with Gasteiger partial charge in [0, 0.05) is 6.07 Å². The number of benzene rings is 1. The van der Waals surface area contributed by atoms with Gasteiger partial charge in [-0.05, 0) is 19.1 Å². The smallest absolute Gasteiger partial charge is 0.339 e. The van der Waals surface area contributed by atoms with Crippen molar-refractivity contribution >= 4 is 5.97 Å². The van der Waals surface area contributed by atoms with Crippen LogP contribution in [0.3, 0.4) is 0 Å². The summed E-state index contributed by atoms with van der Waals surface area (Å²) >= 11 is 0. The summed E-state index contributed by atoms with van der Waals surface area (Å²) in [5.74, 6) is -2.16. The second-order valence-electron chi connectivity index (χ2n) is 3.62. The maximum absolute atomic E-state index is 13.1. The Hall–Kier alpha value is -2.13. The van der Waals surface area contributed by atoms with Gasteiger partial charge in [0.2, 0.25) is 0 Å². The quantitative estimate of drug-likeness (QED) is 0.815. The van der Waals surface area contributed by atoms with Crippen LogP contribution in [-0.2, 0) is 4.79 Å². The topological polar surface area (TPSA) is 90.5 Å². The predicted octanol–water partition coefficient (Wildman–Crippen LogP) is 0.912. The van der Waals surface area contributed by atoms with E-state index in [1.807, 2.05) is 0 Å². The first kappa shape index (κ1) is 12.9. The van der Waals surface area contributed by atoms with E-state index in [1.165, 1.54) is 12.1 Å². The molecule has 0 radical (unpaired) electrons. The fourth-order valence-electron chi connectivity index (χ4n) is 0.962. The highest BCUT2D eigenvalue weighted by Crippen LogP contribution is 2.17. The fraction of sp³-hybridized carbons (Fsp3) is 0.273. The summed E-state index contributed by atoms with van der Waals surface area (Å²) in [4.78, 5) is 10.6. The summed E-state index contributed by atoms with van der Waals surface area (Å²) in [6.45, 7) is 0.545. The van der Waals surface area contributed by atoms with Crippen LogP contribution in [0.15, 0.2) is 18.2 Å². The molecule has 90 valence electrons. The van der Waals surface area contributed by atoms with Gasteiger partial charge in [-0.25, -0.2) is 9.18 Å². The van der Waals surface area contributed by atoms with Crippen LogP contribution in [0, 0.1) is 17.1 Å². The number of carboxylic acids is 1. The van der Waals surface area contributed by atoms with E-state index in [1.54, 1.807) is 6.07 Å². The Morgan fingerprint density at radius 1 is 1.65 bits per heavy atom. The lowest BCUT2D eigenvalue weighted by atomic mass is 10.1. The highest BCUT2D eigenvalue weighted by atomic mass is 19.1. The Labute approximate surface area is 96.7 Å². The van der Waals surface area contributed by atoms with Crippen LogP contribution >= 0.6 is 0 Å². The van der Waals surface area contributed by atoms with E-state index >= 15 is 0 Å². The lowest BCUT2D eigenvalue weighted by Gasteiger charge is -2.18. The van der Waals surface area contributed by atoms with Crippen LogP contribution < -0.4 is 4.74 Å². The van der Waals surface area contributed by atoms with E-state index in [4.69, 9.17) is 15.1 Å². The molecule has 0 aliphatic rings. The lowest BCUT2D eigenvalue weighted by Crippen LogP contribution is -2.41. The van der Waals surface area contributed by atoms with Crippen molar-refractivity contribution in [3.05, 3.63) is 29.6 Å². The lowest BCUT2D eigenvalue weighted by molar-refractivity contribution is -0.159. The largest absolute Gasteiger partial charge is 0.490 e. The number of aliphatic hydroxyl groups is 1. The maximum atomic E-state index is 13.1. The molecule has 1 rings (SSSR count). The molecule has 6 heteroatoms. The molecule has 0 amide bonds. The van der Waals surface area contributed by atoms with Crippen LogP contribution in [0.4, 0.5) is 4.39 Å². The standard InChI is InChI=1S/C11H10FNO4/c1-11(16,10(14)15)6-17-8-3-2-7(5-13)9(12)4-8/h2-4,16H,6H2,1H3,(H,14,15). The molecule has 0 heterocycles. The molecule has 1 aromatic carbocycles. The van der Waals surface area contributed by atoms with Gasteiger partial charge in [0.25, 0.3) is 0 Å². The van der Waals surface area contributed by atoms with E-state index in [9.17, 15) is 14.3 Å². The number of halogens is 1. The van der Waals surface area contributed by atoms with Gasteiger partial charge in [-0.15, -0.1) is 0 Å². The zero-order chi connectivity index (χ0) is 13.1. The summed E-state index contributed by atoms with van der Waals surface area (Å²) in [6, 6.07) is 5.12. The van der Waals surface area contributed by atoms with Crippen molar-refractivity contribution in [3.8, 4) is 11.8 Å². The van der Waals surface area contributed by atoms with E-state index in [0.717, 1.165) is 13.0 Å². The van der Waals surface area contributed by atoms with Crippen molar-refractivity contribution < 1.29 is 24.1 Å². The number of nitriles is 1. The molecular weight excluding hydrogens is 229 g/mol. The fourth-order valence-corrected chi connectivity index (χ4v) is 0.962. The van der Waals surface area contributed by atoms with Crippen LogP contribution in [0.1, 0.15) is 12.5 Å². The van der Waals surface area contributed by atoms with Crippen molar-refractivity contribution in [2.45, 2.75) is 12.5 Å². The van der Waals surface area contributed by atoms with Crippen molar-refractivity contribution in [1.82, 2.24) is 0 Å². The molecule has 5 nitrogen and oxygen atoms in total. The third kappa shape index (κ3) is 3.16. The molecule has 0 aromatic heterocycles. The van der Waals surface area contributed by atoms with Gasteiger partial charge in [-0.3, -0.25) is 0 Å². The van der Waals surface area contributed by atoms with Gasteiger partial charge in [-0.2, -0.15) is 5.26 Å². The first-order valence-corrected chi connectivity index (χ1v) is 4.65. The molecule has 1 atom stereocenters. The van der Waals surface area contributed by atoms with Gasteiger partial charge in [0.05, 0.1) is 5.56 Å². The Morgan fingerprint density at radius 3 is 2.76 bits per heavy atom. The normalized spacial score (nSPS) is 13.5. The van der Waals surface area contributed by atoms with E-state index in [0.29, 0.717) is 0 Å². The molecule has 1 unspecified atom stereocenters. The number of ether oxygens (including phenoxy) is 1. The highest BCUT2D eigenvalue weighted by Gasteiger charge is 2.30. The molecule has 0 saturated heterocycles. The SMILES string of the molecule is CC(O)(COc1ccc(C#N)c(F)c1)C(=O)O. The number of carboxylic acid groups (broad SMARTS) is 1. The summed E-state index contributed by atoms with van der Waals surface area (Å²) < 4.78 is 18.1. The van der Waals surface area contributed by atoms with Gasteiger partial charge in [0.15, 0.2) is 5.60 Å². The predicted molar refractivity (Wildman–Crippen MR) is 54.9 cm³/mol. The highest BCUT2D eigenvalue weighted by molar-refractivity contribution is 5.76. The third-order valence-corrected chi connectivity index (χ3v) is 2.04. The molecule has 0 spiro atoms. The minimum Gasteiger partial charge on any atom is -0.490 e. The summed E-state index contributed by atoms with van der Waals surface area (Å²) in [5, 5.41) is 26.5. The molecule has 17 heavy (non-hydrogen) atoms. The number of aliphatic carboxylic acids is 1. The zero-order valence-electron chi connectivity index (χ0n) is 8.98. The molecule has 0 aliphatic heterocycles. The third-order valence-electron chi connectivity index (χ3n) is 2.04. The van der Waals surface area contributed by atoms with Crippen molar-refractivity contribution in [1.29, 1.82) is 5.26 Å². The Balaban J connectivity index is 2.75. The minimum absolute atomic E-state index is 0.0445. The molecule has 2 N–H and O–H groups in total. The molecular formula is C11H10FNO4. The summed E-state index contributed by atoms with van der Waals surface area (Å²) in [6.07, 6.45) is 0. The van der Waals surface area contributed by atoms with Gasteiger partial charge in [0.1, 0.15) is 24.2 Å². The average Bonchev–Trinajstić information content (AvgIpc) is 2.26. The number of carbonyl (C=O) groups is 1. The van der Waals surface area contributed by atoms with Crippen LogP contribution in [0.5, 0.6) is 5.75 Å². The van der Waals surface area contributed by atoms with Crippen LogP contribution in [-0.4, -0.2) is 28.4 Å². The monoisotopic (exact) mass is 239 g/mol. The van der Waals surface area contributed by atoms with Crippen molar-refractivity contribution in [3.63, 3.8) is 0 Å². The average molecular weight is 239 g/mol. The van der Waals surface area contributed by atoms with Gasteiger partial charge < -0.3 is 14.9 Å². The summed E-state index contributed by atoms with van der Waals surface area (Å²) in [5.41, 5.74) is -2.19. The molecule has 0 saturated carbocycles. The van der Waals surface area contributed by atoms with Crippen LogP contribution in [0.25, 0.3) is 0 Å². The number of hydrogen-bond donors (Lipinski definition) is 2. The van der Waals surface area contributed by atoms with E-state index in [2.05, 4.69) is 0 Å². The first-order chi connectivity index (χ1) is 7.86. The number of nitrogens with zero attached hydrogens (tertiary/aromatic N) is 1. The van der Waals surface area contributed by atoms with E-state index < -0.39 is 24.0 Å². The number of hydrogen-bond acceptors (Lipinski definition) is 4. The molecule has 1 aromatic rings. The second-order valence-corrected chi connectivity index (χ2v) is 3.62. The Kier molecular flexibility index (Phi) is 3.66. The van der Waals surface area contributed by atoms with Crippen molar-refractivity contribution in [2.24, 2.45) is 0 Å². The maximum Gasteiger partial charge on any atom is 0.339 e. The number of rotatable bonds is 4. The molecule has 0 fully saturated rings.